The minimum absolute atomic E-state index is 0.263. The summed E-state index contributed by atoms with van der Waals surface area (Å²) >= 11 is 0. The molecule has 1 aromatic rings. The molecule has 1 fully saturated rings. The molecule has 0 aromatic carbocycles. The fourth-order valence-electron chi connectivity index (χ4n) is 2.23. The summed E-state index contributed by atoms with van der Waals surface area (Å²) < 4.78 is 33.8. The molecule has 0 saturated carbocycles. The van der Waals surface area contributed by atoms with Crippen molar-refractivity contribution >= 4 is 16.0 Å². The minimum Gasteiger partial charge on any atom is -0.457 e. The van der Waals surface area contributed by atoms with Gasteiger partial charge in [0, 0.05) is 12.8 Å². The molecule has 0 amide bonds. The third-order valence-electron chi connectivity index (χ3n) is 3.21. The zero-order chi connectivity index (χ0) is 15.5. The number of nitrogens with zero attached hydrogens (tertiary/aromatic N) is 1. The summed E-state index contributed by atoms with van der Waals surface area (Å²) in [5.74, 6) is -0.774. The van der Waals surface area contributed by atoms with Gasteiger partial charge in [-0.3, -0.25) is 5.10 Å². The molecule has 1 saturated heterocycles. The van der Waals surface area contributed by atoms with Crippen molar-refractivity contribution in [2.45, 2.75) is 43.6 Å². The maximum atomic E-state index is 12.1. The summed E-state index contributed by atoms with van der Waals surface area (Å²) in [6, 6.07) is 0. The van der Waals surface area contributed by atoms with Crippen LogP contribution < -0.4 is 5.14 Å². The molecule has 1 aliphatic rings. The average Bonchev–Trinajstić information content (AvgIpc) is 2.84. The quantitative estimate of drug-likeness (QED) is 0.755. The van der Waals surface area contributed by atoms with Crippen LogP contribution in [0.3, 0.4) is 0 Å². The number of carbonyl (C=O) groups is 1. The second-order valence-corrected chi connectivity index (χ2v) is 6.39. The largest absolute Gasteiger partial charge is 0.457 e. The standard InChI is InChI=1S/C12H19N3O5S/c1-2-3-9-11(21(13,17)18)10(15-14-9)12(16)20-8-4-6-19-7-5-8/h8H,2-7H2,1H3,(H,14,15)(H2,13,17,18). The number of aromatic amines is 1. The molecule has 2 heterocycles. The number of esters is 1. The molecule has 9 heteroatoms. The van der Waals surface area contributed by atoms with E-state index in [4.69, 9.17) is 14.6 Å². The van der Waals surface area contributed by atoms with E-state index in [2.05, 4.69) is 10.2 Å². The van der Waals surface area contributed by atoms with E-state index in [1.807, 2.05) is 6.92 Å². The second-order valence-electron chi connectivity index (χ2n) is 4.89. The van der Waals surface area contributed by atoms with Crippen LogP contribution in [0.1, 0.15) is 42.4 Å². The lowest BCUT2D eigenvalue weighted by Crippen LogP contribution is -2.27. The number of carbonyl (C=O) groups excluding carboxylic acids is 1. The number of aryl methyl sites for hydroxylation is 1. The van der Waals surface area contributed by atoms with Gasteiger partial charge in [-0.15, -0.1) is 0 Å². The predicted octanol–water partition coefficient (Wildman–Crippen LogP) is 0.345. The van der Waals surface area contributed by atoms with Crippen LogP contribution in [0.4, 0.5) is 0 Å². The molecule has 0 unspecified atom stereocenters. The summed E-state index contributed by atoms with van der Waals surface area (Å²) in [6.07, 6.45) is 2.01. The first-order valence-electron chi connectivity index (χ1n) is 6.82. The highest BCUT2D eigenvalue weighted by molar-refractivity contribution is 7.89. The number of nitrogens with two attached hydrogens (primary N) is 1. The van der Waals surface area contributed by atoms with E-state index in [1.54, 1.807) is 0 Å². The Balaban J connectivity index is 2.24. The normalized spacial score (nSPS) is 16.9. The third-order valence-corrected chi connectivity index (χ3v) is 4.22. The molecule has 0 radical (unpaired) electrons. The summed E-state index contributed by atoms with van der Waals surface area (Å²) in [5.41, 5.74) is 0.0615. The topological polar surface area (TPSA) is 124 Å². The first-order chi connectivity index (χ1) is 9.93. The van der Waals surface area contributed by atoms with Gasteiger partial charge < -0.3 is 9.47 Å². The van der Waals surface area contributed by atoms with Crippen LogP contribution in [0.5, 0.6) is 0 Å². The number of hydrogen-bond acceptors (Lipinski definition) is 6. The van der Waals surface area contributed by atoms with Crippen molar-refractivity contribution in [2.75, 3.05) is 13.2 Å². The van der Waals surface area contributed by atoms with E-state index in [0.717, 1.165) is 0 Å². The van der Waals surface area contributed by atoms with E-state index in [1.165, 1.54) is 0 Å². The Morgan fingerprint density at radius 2 is 2.14 bits per heavy atom. The van der Waals surface area contributed by atoms with Crippen LogP contribution in [-0.2, 0) is 25.9 Å². The van der Waals surface area contributed by atoms with Gasteiger partial charge in [0.05, 0.1) is 18.9 Å². The van der Waals surface area contributed by atoms with Gasteiger partial charge in [-0.2, -0.15) is 5.10 Å². The number of ether oxygens (including phenoxy) is 2. The molecule has 118 valence electrons. The summed E-state index contributed by atoms with van der Waals surface area (Å²) in [5, 5.41) is 11.5. The van der Waals surface area contributed by atoms with E-state index in [-0.39, 0.29) is 16.7 Å². The smallest absolute Gasteiger partial charge is 0.360 e. The molecule has 0 aliphatic carbocycles. The third kappa shape index (κ3) is 3.80. The average molecular weight is 317 g/mol. The fourth-order valence-corrected chi connectivity index (χ4v) is 3.12. The SMILES string of the molecule is CCCc1[nH]nc(C(=O)OC2CCOCC2)c1S(N)(=O)=O. The number of nitrogens with one attached hydrogen (secondary N) is 1. The summed E-state index contributed by atoms with van der Waals surface area (Å²) in [6.45, 7) is 2.91. The van der Waals surface area contributed by atoms with Crippen LogP contribution in [-0.4, -0.2) is 43.9 Å². The van der Waals surface area contributed by atoms with Gasteiger partial charge in [0.2, 0.25) is 10.0 Å². The summed E-state index contributed by atoms with van der Waals surface area (Å²) in [4.78, 5) is 11.9. The molecule has 1 aliphatic heterocycles. The van der Waals surface area contributed by atoms with Gasteiger partial charge in [-0.25, -0.2) is 18.4 Å². The fraction of sp³-hybridized carbons (Fsp3) is 0.667. The van der Waals surface area contributed by atoms with E-state index >= 15 is 0 Å². The lowest BCUT2D eigenvalue weighted by Gasteiger charge is -2.21. The molecular formula is C12H19N3O5S. The molecule has 21 heavy (non-hydrogen) atoms. The highest BCUT2D eigenvalue weighted by Crippen LogP contribution is 2.21. The van der Waals surface area contributed by atoms with Crippen molar-refractivity contribution in [1.29, 1.82) is 0 Å². The first-order valence-corrected chi connectivity index (χ1v) is 8.37. The number of aromatic nitrogens is 2. The Morgan fingerprint density at radius 1 is 1.48 bits per heavy atom. The molecule has 1 aromatic heterocycles. The van der Waals surface area contributed by atoms with Gasteiger partial charge in [0.25, 0.3) is 0 Å². The van der Waals surface area contributed by atoms with Gasteiger partial charge >= 0.3 is 5.97 Å². The van der Waals surface area contributed by atoms with Gasteiger partial charge in [0.15, 0.2) is 5.69 Å². The lowest BCUT2D eigenvalue weighted by molar-refractivity contribution is -0.0166. The number of rotatable bonds is 5. The molecule has 0 atom stereocenters. The zero-order valence-electron chi connectivity index (χ0n) is 11.8. The highest BCUT2D eigenvalue weighted by atomic mass is 32.2. The van der Waals surface area contributed by atoms with Gasteiger partial charge in [-0.05, 0) is 6.42 Å². The van der Waals surface area contributed by atoms with Crippen molar-refractivity contribution in [3.8, 4) is 0 Å². The van der Waals surface area contributed by atoms with Crippen LogP contribution in [0.15, 0.2) is 4.90 Å². The number of sulfonamides is 1. The van der Waals surface area contributed by atoms with Gasteiger partial charge in [-0.1, -0.05) is 13.3 Å². The maximum Gasteiger partial charge on any atom is 0.360 e. The molecule has 3 N–H and O–H groups in total. The van der Waals surface area contributed by atoms with Crippen LogP contribution in [0.25, 0.3) is 0 Å². The van der Waals surface area contributed by atoms with Crippen LogP contribution in [0, 0.1) is 0 Å². The highest BCUT2D eigenvalue weighted by Gasteiger charge is 2.30. The van der Waals surface area contributed by atoms with Gasteiger partial charge in [0.1, 0.15) is 11.0 Å². The van der Waals surface area contributed by atoms with Crippen LogP contribution >= 0.6 is 0 Å². The minimum atomic E-state index is -4.05. The Kier molecular flexibility index (Phi) is 4.96. The maximum absolute atomic E-state index is 12.1. The Hall–Kier alpha value is -1.45. The molecular weight excluding hydrogens is 298 g/mol. The molecule has 8 nitrogen and oxygen atoms in total. The number of primary sulfonamides is 1. The molecule has 0 bridgehead atoms. The first kappa shape index (κ1) is 15.9. The lowest BCUT2D eigenvalue weighted by atomic mass is 10.1. The monoisotopic (exact) mass is 317 g/mol. The van der Waals surface area contributed by atoms with Crippen molar-refractivity contribution in [3.63, 3.8) is 0 Å². The second kappa shape index (κ2) is 6.54. The Bertz CT molecular complexity index is 604. The Morgan fingerprint density at radius 3 is 2.71 bits per heavy atom. The summed E-state index contributed by atoms with van der Waals surface area (Å²) in [7, 11) is -4.05. The van der Waals surface area contributed by atoms with Crippen molar-refractivity contribution in [2.24, 2.45) is 5.14 Å². The van der Waals surface area contributed by atoms with E-state index in [9.17, 15) is 13.2 Å². The number of hydrogen-bond donors (Lipinski definition) is 2. The van der Waals surface area contributed by atoms with Crippen molar-refractivity contribution < 1.29 is 22.7 Å². The van der Waals surface area contributed by atoms with E-state index < -0.39 is 16.0 Å². The molecule has 0 spiro atoms. The van der Waals surface area contributed by atoms with E-state index in [0.29, 0.717) is 44.6 Å². The Labute approximate surface area is 123 Å². The zero-order valence-corrected chi connectivity index (χ0v) is 12.6. The van der Waals surface area contributed by atoms with Crippen LogP contribution in [0.2, 0.25) is 0 Å². The van der Waals surface area contributed by atoms with Crippen molar-refractivity contribution in [3.05, 3.63) is 11.4 Å². The number of H-pyrrole nitrogens is 1. The predicted molar refractivity (Wildman–Crippen MR) is 73.2 cm³/mol. The van der Waals surface area contributed by atoms with Crippen molar-refractivity contribution in [1.82, 2.24) is 10.2 Å². The molecule has 2 rings (SSSR count).